The normalized spacial score (nSPS) is 24.5. The molecule has 1 saturated carbocycles. The predicted molar refractivity (Wildman–Crippen MR) is 65.4 cm³/mol. The minimum atomic E-state index is 0.774. The van der Waals surface area contributed by atoms with Crippen molar-refractivity contribution in [3.63, 3.8) is 0 Å². The van der Waals surface area contributed by atoms with Crippen LogP contribution in [0.4, 0.5) is 0 Å². The summed E-state index contributed by atoms with van der Waals surface area (Å²) in [5, 5.41) is 4.78. The predicted octanol–water partition coefficient (Wildman–Crippen LogP) is 2.94. The molecule has 1 heterocycles. The van der Waals surface area contributed by atoms with Gasteiger partial charge in [-0.25, -0.2) is 4.98 Å². The van der Waals surface area contributed by atoms with Crippen molar-refractivity contribution in [1.29, 1.82) is 0 Å². The monoisotopic (exact) mass is 224 g/mol. The van der Waals surface area contributed by atoms with Crippen molar-refractivity contribution in [1.82, 2.24) is 10.3 Å². The van der Waals surface area contributed by atoms with E-state index in [1.165, 1.54) is 22.0 Å². The number of aryl methyl sites for hydroxylation is 1. The standard InChI is InChI=1S/C12H20N2S/c1-4-10-11(7-13-5-2)15-12(14-10)9-6-8(9)3/h8-9,13H,4-7H2,1-3H3. The summed E-state index contributed by atoms with van der Waals surface area (Å²) in [6.45, 7) is 8.71. The van der Waals surface area contributed by atoms with Crippen molar-refractivity contribution in [2.75, 3.05) is 6.54 Å². The highest BCUT2D eigenvalue weighted by molar-refractivity contribution is 7.11. The Kier molecular flexibility index (Phi) is 3.42. The van der Waals surface area contributed by atoms with Gasteiger partial charge in [-0.15, -0.1) is 11.3 Å². The molecule has 0 amide bonds. The van der Waals surface area contributed by atoms with Gasteiger partial charge in [0, 0.05) is 17.3 Å². The maximum atomic E-state index is 4.77. The van der Waals surface area contributed by atoms with Crippen molar-refractivity contribution in [2.45, 2.75) is 46.1 Å². The lowest BCUT2D eigenvalue weighted by molar-refractivity contribution is 0.727. The van der Waals surface area contributed by atoms with Crippen LogP contribution in [-0.4, -0.2) is 11.5 Å². The van der Waals surface area contributed by atoms with Crippen LogP contribution < -0.4 is 5.32 Å². The number of thiazole rings is 1. The van der Waals surface area contributed by atoms with Gasteiger partial charge in [0.25, 0.3) is 0 Å². The van der Waals surface area contributed by atoms with Crippen LogP contribution in [0, 0.1) is 5.92 Å². The molecular formula is C12H20N2S. The molecule has 1 N–H and O–H groups in total. The van der Waals surface area contributed by atoms with Gasteiger partial charge in [-0.05, 0) is 25.3 Å². The highest BCUT2D eigenvalue weighted by Crippen LogP contribution is 2.48. The number of aromatic nitrogens is 1. The van der Waals surface area contributed by atoms with Crippen molar-refractivity contribution < 1.29 is 0 Å². The van der Waals surface area contributed by atoms with Crippen molar-refractivity contribution >= 4 is 11.3 Å². The molecule has 1 aromatic heterocycles. The van der Waals surface area contributed by atoms with E-state index in [0.717, 1.165) is 31.3 Å². The fraction of sp³-hybridized carbons (Fsp3) is 0.750. The van der Waals surface area contributed by atoms with E-state index in [-0.39, 0.29) is 0 Å². The first-order valence-electron chi connectivity index (χ1n) is 5.95. The molecule has 0 aliphatic heterocycles. The van der Waals surface area contributed by atoms with E-state index < -0.39 is 0 Å². The molecule has 0 spiro atoms. The van der Waals surface area contributed by atoms with Crippen LogP contribution >= 0.6 is 11.3 Å². The highest BCUT2D eigenvalue weighted by atomic mass is 32.1. The SMILES string of the molecule is CCNCc1sc(C2CC2C)nc1CC. The largest absolute Gasteiger partial charge is 0.312 e. The molecule has 1 fully saturated rings. The molecule has 0 saturated heterocycles. The third-order valence-corrected chi connectivity index (χ3v) is 4.32. The van der Waals surface area contributed by atoms with E-state index in [2.05, 4.69) is 26.1 Å². The van der Waals surface area contributed by atoms with Crippen molar-refractivity contribution in [3.8, 4) is 0 Å². The number of nitrogens with one attached hydrogen (secondary N) is 1. The van der Waals surface area contributed by atoms with Crippen molar-refractivity contribution in [3.05, 3.63) is 15.6 Å². The van der Waals surface area contributed by atoms with Crippen LogP contribution in [0.2, 0.25) is 0 Å². The summed E-state index contributed by atoms with van der Waals surface area (Å²) in [5.74, 6) is 1.64. The van der Waals surface area contributed by atoms with Gasteiger partial charge in [0.1, 0.15) is 0 Å². The van der Waals surface area contributed by atoms with E-state index in [1.807, 2.05) is 11.3 Å². The van der Waals surface area contributed by atoms with Gasteiger partial charge in [-0.3, -0.25) is 0 Å². The summed E-state index contributed by atoms with van der Waals surface area (Å²) in [5.41, 5.74) is 1.31. The molecule has 3 heteroatoms. The minimum Gasteiger partial charge on any atom is -0.312 e. The Morgan fingerprint density at radius 1 is 1.47 bits per heavy atom. The molecule has 1 aromatic rings. The molecule has 2 unspecified atom stereocenters. The van der Waals surface area contributed by atoms with Gasteiger partial charge >= 0.3 is 0 Å². The molecule has 0 bridgehead atoms. The zero-order chi connectivity index (χ0) is 10.8. The number of hydrogen-bond acceptors (Lipinski definition) is 3. The second-order valence-electron chi connectivity index (χ2n) is 4.38. The zero-order valence-electron chi connectivity index (χ0n) is 9.84. The third-order valence-electron chi connectivity index (χ3n) is 3.09. The summed E-state index contributed by atoms with van der Waals surface area (Å²) in [4.78, 5) is 6.22. The Morgan fingerprint density at radius 2 is 2.20 bits per heavy atom. The average molecular weight is 224 g/mol. The lowest BCUT2D eigenvalue weighted by Gasteiger charge is -1.99. The first-order valence-corrected chi connectivity index (χ1v) is 6.77. The molecule has 1 aliphatic rings. The smallest absolute Gasteiger partial charge is 0.0965 e. The average Bonchev–Trinajstić information content (AvgIpc) is 2.82. The lowest BCUT2D eigenvalue weighted by atomic mass is 10.3. The quantitative estimate of drug-likeness (QED) is 0.832. The number of hydrogen-bond donors (Lipinski definition) is 1. The number of rotatable bonds is 5. The summed E-state index contributed by atoms with van der Waals surface area (Å²) < 4.78 is 0. The van der Waals surface area contributed by atoms with Crippen LogP contribution in [-0.2, 0) is 13.0 Å². The Bertz CT molecular complexity index is 332. The summed E-state index contributed by atoms with van der Waals surface area (Å²) in [6.07, 6.45) is 2.41. The molecule has 0 radical (unpaired) electrons. The van der Waals surface area contributed by atoms with Gasteiger partial charge in [-0.2, -0.15) is 0 Å². The molecule has 84 valence electrons. The first-order chi connectivity index (χ1) is 7.26. The summed E-state index contributed by atoms with van der Waals surface area (Å²) >= 11 is 1.92. The van der Waals surface area contributed by atoms with E-state index in [0.29, 0.717) is 0 Å². The van der Waals surface area contributed by atoms with Crippen LogP contribution in [0.25, 0.3) is 0 Å². The highest BCUT2D eigenvalue weighted by Gasteiger charge is 2.36. The summed E-state index contributed by atoms with van der Waals surface area (Å²) in [6, 6.07) is 0. The van der Waals surface area contributed by atoms with Crippen LogP contribution in [0.15, 0.2) is 0 Å². The van der Waals surface area contributed by atoms with Crippen LogP contribution in [0.1, 0.15) is 48.7 Å². The van der Waals surface area contributed by atoms with Crippen LogP contribution in [0.5, 0.6) is 0 Å². The molecule has 1 aliphatic carbocycles. The summed E-state index contributed by atoms with van der Waals surface area (Å²) in [7, 11) is 0. The van der Waals surface area contributed by atoms with E-state index in [9.17, 15) is 0 Å². The van der Waals surface area contributed by atoms with Crippen molar-refractivity contribution in [2.24, 2.45) is 5.92 Å². The first kappa shape index (κ1) is 11.1. The van der Waals surface area contributed by atoms with E-state index in [1.54, 1.807) is 0 Å². The van der Waals surface area contributed by atoms with Crippen LogP contribution in [0.3, 0.4) is 0 Å². The second-order valence-corrected chi connectivity index (χ2v) is 5.49. The molecular weight excluding hydrogens is 204 g/mol. The zero-order valence-corrected chi connectivity index (χ0v) is 10.7. The Balaban J connectivity index is 2.10. The second kappa shape index (κ2) is 4.62. The Hall–Kier alpha value is -0.410. The fourth-order valence-corrected chi connectivity index (χ4v) is 3.25. The molecule has 2 nitrogen and oxygen atoms in total. The fourth-order valence-electron chi connectivity index (χ4n) is 1.88. The van der Waals surface area contributed by atoms with Gasteiger partial charge in [-0.1, -0.05) is 20.8 Å². The van der Waals surface area contributed by atoms with E-state index >= 15 is 0 Å². The van der Waals surface area contributed by atoms with Gasteiger partial charge in [0.2, 0.25) is 0 Å². The third kappa shape index (κ3) is 2.40. The Labute approximate surface area is 96.1 Å². The van der Waals surface area contributed by atoms with E-state index in [4.69, 9.17) is 4.98 Å². The maximum Gasteiger partial charge on any atom is 0.0965 e. The van der Waals surface area contributed by atoms with Gasteiger partial charge < -0.3 is 5.32 Å². The molecule has 2 rings (SSSR count). The topological polar surface area (TPSA) is 24.9 Å². The molecule has 0 aromatic carbocycles. The lowest BCUT2D eigenvalue weighted by Crippen LogP contribution is -2.11. The number of nitrogens with zero attached hydrogens (tertiary/aromatic N) is 1. The molecule has 2 atom stereocenters. The minimum absolute atomic E-state index is 0.774. The maximum absolute atomic E-state index is 4.77. The van der Waals surface area contributed by atoms with Gasteiger partial charge in [0.05, 0.1) is 10.7 Å². The van der Waals surface area contributed by atoms with Gasteiger partial charge in [0.15, 0.2) is 0 Å². The molecule has 15 heavy (non-hydrogen) atoms. The Morgan fingerprint density at radius 3 is 2.73 bits per heavy atom.